The van der Waals surface area contributed by atoms with Gasteiger partial charge in [0.25, 0.3) is 0 Å². The zero-order valence-electron chi connectivity index (χ0n) is 16.7. The number of rotatable bonds is 3. The van der Waals surface area contributed by atoms with Gasteiger partial charge in [-0.05, 0) is 24.3 Å². The molecule has 4 aromatic rings. The molecule has 0 spiro atoms. The van der Waals surface area contributed by atoms with Crippen molar-refractivity contribution in [1.82, 2.24) is 19.9 Å². The van der Waals surface area contributed by atoms with E-state index in [1.54, 1.807) is 18.3 Å². The molecule has 0 unspecified atom stereocenters. The Hall–Kier alpha value is -3.41. The first kappa shape index (κ1) is 21.4. The summed E-state index contributed by atoms with van der Waals surface area (Å²) in [6, 6.07) is 5.30. The number of ether oxygens (including phenoxy) is 1. The Morgan fingerprint density at radius 1 is 1.09 bits per heavy atom. The van der Waals surface area contributed by atoms with Crippen molar-refractivity contribution < 1.29 is 26.7 Å². The molecule has 0 amide bonds. The minimum Gasteiger partial charge on any atom is -0.490 e. The van der Waals surface area contributed by atoms with Crippen LogP contribution in [0.4, 0.5) is 27.8 Å². The van der Waals surface area contributed by atoms with Gasteiger partial charge in [-0.2, -0.15) is 13.2 Å². The number of aromatic nitrogens is 4. The van der Waals surface area contributed by atoms with Crippen LogP contribution in [0.1, 0.15) is 12.0 Å². The molecule has 1 aliphatic heterocycles. The van der Waals surface area contributed by atoms with Crippen molar-refractivity contribution in [3.8, 4) is 17.1 Å². The molecule has 0 bridgehead atoms. The number of nitrogens with one attached hydrogen (secondary N) is 1. The quantitative estimate of drug-likeness (QED) is 0.304. The van der Waals surface area contributed by atoms with Crippen molar-refractivity contribution in [2.75, 3.05) is 17.5 Å². The van der Waals surface area contributed by atoms with Crippen LogP contribution in [0.15, 0.2) is 47.9 Å². The van der Waals surface area contributed by atoms with Gasteiger partial charge in [0.15, 0.2) is 23.2 Å². The molecule has 0 saturated heterocycles. The van der Waals surface area contributed by atoms with Crippen LogP contribution in [0.5, 0.6) is 5.75 Å². The van der Waals surface area contributed by atoms with E-state index in [-0.39, 0.29) is 16.7 Å². The molecule has 3 aromatic heterocycles. The molecule has 4 heterocycles. The zero-order chi connectivity index (χ0) is 23.2. The summed E-state index contributed by atoms with van der Waals surface area (Å²) in [5.74, 6) is -1.11. The second kappa shape index (κ2) is 8.18. The number of fused-ring (bicyclic) bond motifs is 2. The molecule has 1 aliphatic rings. The number of benzene rings is 1. The number of hydrogen-bond donors (Lipinski definition) is 1. The maximum absolute atomic E-state index is 14.7. The molecular weight excluding hydrogens is 465 g/mol. The van der Waals surface area contributed by atoms with Crippen molar-refractivity contribution in [2.45, 2.75) is 17.6 Å². The van der Waals surface area contributed by atoms with Crippen LogP contribution in [-0.4, -0.2) is 33.1 Å². The standard InChI is InChI=1S/C21H14F5N5OS/c22-11-9-28-19(29-10-11)17-12-7-16(30-18(12)14(23)8-13(17)21(24,25)26)33-31-5-2-6-32-15-3-1-4-27-20(15)31/h1,3-4,7-10,30H,2,5-6H2. The third-order valence-corrected chi connectivity index (χ3v) is 5.94. The fraction of sp³-hybridized carbons (Fsp3) is 0.190. The lowest BCUT2D eigenvalue weighted by atomic mass is 10.0. The van der Waals surface area contributed by atoms with Gasteiger partial charge in [-0.3, -0.25) is 4.31 Å². The number of aromatic amines is 1. The minimum atomic E-state index is -4.88. The van der Waals surface area contributed by atoms with E-state index in [2.05, 4.69) is 19.9 Å². The van der Waals surface area contributed by atoms with Crippen LogP contribution >= 0.6 is 11.9 Å². The molecule has 0 atom stereocenters. The number of anilines is 1. The van der Waals surface area contributed by atoms with Gasteiger partial charge in [-0.25, -0.2) is 23.7 Å². The van der Waals surface area contributed by atoms with E-state index in [4.69, 9.17) is 4.74 Å². The van der Waals surface area contributed by atoms with Crippen LogP contribution < -0.4 is 9.04 Å². The van der Waals surface area contributed by atoms with Crippen LogP contribution in [0.2, 0.25) is 0 Å². The highest BCUT2D eigenvalue weighted by atomic mass is 32.2. The summed E-state index contributed by atoms with van der Waals surface area (Å²) in [6.07, 6.45) is -1.06. The number of alkyl halides is 3. The summed E-state index contributed by atoms with van der Waals surface area (Å²) in [5, 5.41) is 0.314. The van der Waals surface area contributed by atoms with Crippen molar-refractivity contribution in [3.05, 3.63) is 60.1 Å². The second-order valence-electron chi connectivity index (χ2n) is 7.15. The van der Waals surface area contributed by atoms with Crippen LogP contribution in [0.3, 0.4) is 0 Å². The molecule has 33 heavy (non-hydrogen) atoms. The summed E-state index contributed by atoms with van der Waals surface area (Å²) >= 11 is 1.16. The summed E-state index contributed by atoms with van der Waals surface area (Å²) in [4.78, 5) is 14.6. The van der Waals surface area contributed by atoms with Crippen LogP contribution in [-0.2, 0) is 6.18 Å². The van der Waals surface area contributed by atoms with E-state index in [0.717, 1.165) is 24.3 Å². The lowest BCUT2D eigenvalue weighted by molar-refractivity contribution is -0.137. The lowest BCUT2D eigenvalue weighted by Crippen LogP contribution is -2.16. The van der Waals surface area contributed by atoms with Gasteiger partial charge in [0.1, 0.15) is 5.82 Å². The number of pyridine rings is 1. The maximum atomic E-state index is 14.7. The number of hydrogen-bond acceptors (Lipinski definition) is 6. The zero-order valence-corrected chi connectivity index (χ0v) is 17.5. The van der Waals surface area contributed by atoms with Gasteiger partial charge in [-0.1, -0.05) is 0 Å². The summed E-state index contributed by atoms with van der Waals surface area (Å²) < 4.78 is 76.8. The van der Waals surface area contributed by atoms with Crippen molar-refractivity contribution in [1.29, 1.82) is 0 Å². The first-order valence-electron chi connectivity index (χ1n) is 9.75. The van der Waals surface area contributed by atoms with Gasteiger partial charge in [-0.15, -0.1) is 0 Å². The van der Waals surface area contributed by atoms with Gasteiger partial charge in [0.05, 0.1) is 35.1 Å². The Kier molecular flexibility index (Phi) is 5.31. The van der Waals surface area contributed by atoms with E-state index in [1.165, 1.54) is 6.07 Å². The predicted molar refractivity (Wildman–Crippen MR) is 112 cm³/mol. The van der Waals surface area contributed by atoms with Gasteiger partial charge >= 0.3 is 6.18 Å². The Labute approximate surface area is 188 Å². The van der Waals surface area contributed by atoms with Crippen LogP contribution in [0, 0.1) is 11.6 Å². The number of H-pyrrole nitrogens is 1. The molecule has 170 valence electrons. The third kappa shape index (κ3) is 4.06. The Bertz CT molecular complexity index is 1330. The highest BCUT2D eigenvalue weighted by molar-refractivity contribution is 8.00. The van der Waals surface area contributed by atoms with Crippen molar-refractivity contribution >= 4 is 28.7 Å². The molecule has 0 aliphatic carbocycles. The second-order valence-corrected chi connectivity index (χ2v) is 8.21. The molecule has 0 saturated carbocycles. The third-order valence-electron chi connectivity index (χ3n) is 4.95. The Morgan fingerprint density at radius 2 is 1.88 bits per heavy atom. The van der Waals surface area contributed by atoms with E-state index in [1.807, 2.05) is 4.31 Å². The summed E-state index contributed by atoms with van der Waals surface area (Å²) in [7, 11) is 0. The monoisotopic (exact) mass is 479 g/mol. The minimum absolute atomic E-state index is 0.0660. The largest absolute Gasteiger partial charge is 0.490 e. The smallest absolute Gasteiger partial charge is 0.417 e. The van der Waals surface area contributed by atoms with Gasteiger partial charge in [0, 0.05) is 42.1 Å². The molecule has 1 aromatic carbocycles. The van der Waals surface area contributed by atoms with E-state index in [0.29, 0.717) is 42.2 Å². The lowest BCUT2D eigenvalue weighted by Gasteiger charge is -2.19. The topological polar surface area (TPSA) is 66.9 Å². The molecule has 0 radical (unpaired) electrons. The average Bonchev–Trinajstić information content (AvgIpc) is 3.10. The van der Waals surface area contributed by atoms with E-state index in [9.17, 15) is 22.0 Å². The SMILES string of the molecule is Fc1cnc(-c2c(C(F)(F)F)cc(F)c3[nH]c(SN4CCCOc5cccnc54)cc23)nc1. The molecule has 12 heteroatoms. The molecule has 0 fully saturated rings. The van der Waals surface area contributed by atoms with Gasteiger partial charge in [0.2, 0.25) is 0 Å². The normalized spacial score (nSPS) is 14.2. The summed E-state index contributed by atoms with van der Waals surface area (Å²) in [5.41, 5.74) is -1.81. The average molecular weight is 479 g/mol. The first-order valence-corrected chi connectivity index (χ1v) is 10.5. The Morgan fingerprint density at radius 3 is 2.64 bits per heavy atom. The van der Waals surface area contributed by atoms with E-state index < -0.39 is 28.9 Å². The van der Waals surface area contributed by atoms with Crippen molar-refractivity contribution in [3.63, 3.8) is 0 Å². The van der Waals surface area contributed by atoms with Crippen LogP contribution in [0.25, 0.3) is 22.3 Å². The van der Waals surface area contributed by atoms with Gasteiger partial charge < -0.3 is 9.72 Å². The predicted octanol–water partition coefficient (Wildman–Crippen LogP) is 5.61. The molecule has 5 rings (SSSR count). The number of halogens is 5. The highest BCUT2D eigenvalue weighted by Gasteiger charge is 2.37. The number of nitrogens with zero attached hydrogens (tertiary/aromatic N) is 4. The van der Waals surface area contributed by atoms with Crippen molar-refractivity contribution in [2.24, 2.45) is 0 Å². The van der Waals surface area contributed by atoms with E-state index >= 15 is 0 Å². The fourth-order valence-electron chi connectivity index (χ4n) is 3.57. The Balaban J connectivity index is 1.64. The molecular formula is C21H14F5N5OS. The fourth-order valence-corrected chi connectivity index (χ4v) is 4.57. The summed E-state index contributed by atoms with van der Waals surface area (Å²) in [6.45, 7) is 1.03. The highest BCUT2D eigenvalue weighted by Crippen LogP contribution is 2.43. The molecule has 1 N–H and O–H groups in total. The molecule has 6 nitrogen and oxygen atoms in total. The first-order chi connectivity index (χ1) is 15.8. The maximum Gasteiger partial charge on any atom is 0.417 e.